The number of nitrogens with zero attached hydrogens (tertiary/aromatic N) is 1. The molecule has 1 aromatic rings. The standard InChI is InChI=1S/C15H24N2O2S/c1-3-10-17-11-8-14(9-12-17)16-13-4-6-15(7-5-13)20(2,18)19/h4-7,14,16H,3,8-12H2,1-2H3. The molecule has 5 heteroatoms. The van der Waals surface area contributed by atoms with Gasteiger partial charge in [0.05, 0.1) is 4.90 Å². The van der Waals surface area contributed by atoms with Crippen LogP contribution >= 0.6 is 0 Å². The molecule has 0 bridgehead atoms. The minimum atomic E-state index is -3.10. The van der Waals surface area contributed by atoms with Crippen molar-refractivity contribution in [1.82, 2.24) is 4.90 Å². The van der Waals surface area contributed by atoms with E-state index in [4.69, 9.17) is 0 Å². The largest absolute Gasteiger partial charge is 0.382 e. The lowest BCUT2D eigenvalue weighted by Crippen LogP contribution is -2.39. The summed E-state index contributed by atoms with van der Waals surface area (Å²) in [5.74, 6) is 0. The molecule has 1 aliphatic heterocycles. The lowest BCUT2D eigenvalue weighted by molar-refractivity contribution is 0.219. The third-order valence-electron chi connectivity index (χ3n) is 3.78. The van der Waals surface area contributed by atoms with Gasteiger partial charge in [-0.1, -0.05) is 6.92 Å². The average Bonchev–Trinajstić information content (AvgIpc) is 2.41. The lowest BCUT2D eigenvalue weighted by Gasteiger charge is -2.32. The molecule has 112 valence electrons. The highest BCUT2D eigenvalue weighted by molar-refractivity contribution is 7.90. The number of hydrogen-bond acceptors (Lipinski definition) is 4. The summed E-state index contributed by atoms with van der Waals surface area (Å²) in [6.45, 7) is 5.70. The van der Waals surface area contributed by atoms with Crippen molar-refractivity contribution in [3.05, 3.63) is 24.3 Å². The predicted molar refractivity (Wildman–Crippen MR) is 82.9 cm³/mol. The molecule has 1 heterocycles. The number of benzene rings is 1. The van der Waals surface area contributed by atoms with E-state index in [1.165, 1.54) is 19.2 Å². The zero-order valence-electron chi connectivity index (χ0n) is 12.3. The number of sulfone groups is 1. The molecule has 0 saturated carbocycles. The molecule has 1 saturated heterocycles. The van der Waals surface area contributed by atoms with Crippen LogP contribution in [-0.2, 0) is 9.84 Å². The van der Waals surface area contributed by atoms with E-state index in [-0.39, 0.29) is 0 Å². The van der Waals surface area contributed by atoms with E-state index in [0.29, 0.717) is 10.9 Å². The number of nitrogens with one attached hydrogen (secondary N) is 1. The molecule has 1 fully saturated rings. The van der Waals surface area contributed by atoms with Gasteiger partial charge in [0, 0.05) is 31.1 Å². The Labute approximate surface area is 122 Å². The number of hydrogen-bond donors (Lipinski definition) is 1. The second kappa shape index (κ2) is 6.59. The molecule has 0 aromatic heterocycles. The summed E-state index contributed by atoms with van der Waals surface area (Å²) in [5.41, 5.74) is 1.01. The third kappa shape index (κ3) is 4.21. The van der Waals surface area contributed by atoms with Gasteiger partial charge in [0.15, 0.2) is 9.84 Å². The maximum atomic E-state index is 11.4. The van der Waals surface area contributed by atoms with Crippen molar-refractivity contribution < 1.29 is 8.42 Å². The van der Waals surface area contributed by atoms with Crippen LogP contribution in [0.4, 0.5) is 5.69 Å². The van der Waals surface area contributed by atoms with Gasteiger partial charge in [-0.05, 0) is 50.1 Å². The molecule has 4 nitrogen and oxygen atoms in total. The molecule has 1 N–H and O–H groups in total. The van der Waals surface area contributed by atoms with Crippen LogP contribution in [0.3, 0.4) is 0 Å². The first kappa shape index (κ1) is 15.3. The molecular weight excluding hydrogens is 272 g/mol. The minimum Gasteiger partial charge on any atom is -0.382 e. The summed E-state index contributed by atoms with van der Waals surface area (Å²) in [7, 11) is -3.10. The van der Waals surface area contributed by atoms with Crippen molar-refractivity contribution in [3.63, 3.8) is 0 Å². The molecular formula is C15H24N2O2S. The Kier molecular flexibility index (Phi) is 5.05. The van der Waals surface area contributed by atoms with E-state index in [2.05, 4.69) is 17.1 Å². The van der Waals surface area contributed by atoms with Crippen LogP contribution in [0.5, 0.6) is 0 Å². The fourth-order valence-electron chi connectivity index (χ4n) is 2.65. The highest BCUT2D eigenvalue weighted by atomic mass is 32.2. The van der Waals surface area contributed by atoms with Crippen LogP contribution in [0.25, 0.3) is 0 Å². The highest BCUT2D eigenvalue weighted by Gasteiger charge is 2.18. The fourth-order valence-corrected chi connectivity index (χ4v) is 3.28. The minimum absolute atomic E-state index is 0.376. The van der Waals surface area contributed by atoms with Crippen molar-refractivity contribution >= 4 is 15.5 Å². The van der Waals surface area contributed by atoms with Crippen LogP contribution in [0.1, 0.15) is 26.2 Å². The Hall–Kier alpha value is -1.07. The molecule has 1 aromatic carbocycles. The Morgan fingerprint density at radius 1 is 1.20 bits per heavy atom. The molecule has 0 radical (unpaired) electrons. The Morgan fingerprint density at radius 2 is 1.80 bits per heavy atom. The number of anilines is 1. The smallest absolute Gasteiger partial charge is 0.175 e. The lowest BCUT2D eigenvalue weighted by atomic mass is 10.0. The number of likely N-dealkylation sites (tertiary alicyclic amines) is 1. The van der Waals surface area contributed by atoms with Crippen LogP contribution < -0.4 is 5.32 Å². The molecule has 0 amide bonds. The molecule has 1 aliphatic rings. The topological polar surface area (TPSA) is 49.4 Å². The van der Waals surface area contributed by atoms with Gasteiger partial charge in [-0.25, -0.2) is 8.42 Å². The summed E-state index contributed by atoms with van der Waals surface area (Å²) in [6.07, 6.45) is 4.74. The van der Waals surface area contributed by atoms with E-state index < -0.39 is 9.84 Å². The normalized spacial score (nSPS) is 18.1. The van der Waals surface area contributed by atoms with E-state index in [1.54, 1.807) is 12.1 Å². The van der Waals surface area contributed by atoms with E-state index in [1.807, 2.05) is 12.1 Å². The van der Waals surface area contributed by atoms with Gasteiger partial charge in [-0.15, -0.1) is 0 Å². The van der Waals surface area contributed by atoms with Crippen molar-refractivity contribution in [2.24, 2.45) is 0 Å². The second-order valence-corrected chi connectivity index (χ2v) is 7.57. The maximum absolute atomic E-state index is 11.4. The van der Waals surface area contributed by atoms with Crippen LogP contribution in [0.15, 0.2) is 29.2 Å². The SMILES string of the molecule is CCCN1CCC(Nc2ccc(S(C)(=O)=O)cc2)CC1. The number of rotatable bonds is 5. The highest BCUT2D eigenvalue weighted by Crippen LogP contribution is 2.18. The van der Waals surface area contributed by atoms with Crippen molar-refractivity contribution in [2.75, 3.05) is 31.2 Å². The monoisotopic (exact) mass is 296 g/mol. The quantitative estimate of drug-likeness (QED) is 0.906. The molecule has 0 aliphatic carbocycles. The van der Waals surface area contributed by atoms with Crippen molar-refractivity contribution in [2.45, 2.75) is 37.1 Å². The summed E-state index contributed by atoms with van der Waals surface area (Å²) in [6, 6.07) is 7.55. The Bertz CT molecular complexity index is 517. The average molecular weight is 296 g/mol. The van der Waals surface area contributed by atoms with E-state index in [0.717, 1.165) is 31.6 Å². The molecule has 0 atom stereocenters. The van der Waals surface area contributed by atoms with Crippen LogP contribution in [0, 0.1) is 0 Å². The third-order valence-corrected chi connectivity index (χ3v) is 4.91. The molecule has 0 unspecified atom stereocenters. The van der Waals surface area contributed by atoms with Crippen LogP contribution in [-0.4, -0.2) is 45.2 Å². The molecule has 20 heavy (non-hydrogen) atoms. The summed E-state index contributed by atoms with van der Waals surface area (Å²) in [5, 5.41) is 3.50. The Balaban J connectivity index is 1.89. The van der Waals surface area contributed by atoms with Gasteiger partial charge >= 0.3 is 0 Å². The zero-order valence-corrected chi connectivity index (χ0v) is 13.1. The first-order valence-corrected chi connectivity index (χ1v) is 9.17. The van der Waals surface area contributed by atoms with Gasteiger partial charge < -0.3 is 10.2 Å². The fraction of sp³-hybridized carbons (Fsp3) is 0.600. The van der Waals surface area contributed by atoms with Gasteiger partial charge in [-0.2, -0.15) is 0 Å². The predicted octanol–water partition coefficient (Wildman–Crippen LogP) is 2.38. The van der Waals surface area contributed by atoms with Crippen molar-refractivity contribution in [1.29, 1.82) is 0 Å². The van der Waals surface area contributed by atoms with Crippen molar-refractivity contribution in [3.8, 4) is 0 Å². The first-order chi connectivity index (χ1) is 9.49. The second-order valence-electron chi connectivity index (χ2n) is 5.56. The van der Waals surface area contributed by atoms with Gasteiger partial charge in [0.1, 0.15) is 0 Å². The van der Waals surface area contributed by atoms with Gasteiger partial charge in [0.25, 0.3) is 0 Å². The summed E-state index contributed by atoms with van der Waals surface area (Å²) in [4.78, 5) is 2.88. The molecule has 0 spiro atoms. The van der Waals surface area contributed by atoms with E-state index in [9.17, 15) is 8.42 Å². The van der Waals surface area contributed by atoms with Crippen LogP contribution in [0.2, 0.25) is 0 Å². The van der Waals surface area contributed by atoms with E-state index >= 15 is 0 Å². The Morgan fingerprint density at radius 3 is 2.30 bits per heavy atom. The summed E-state index contributed by atoms with van der Waals surface area (Å²) < 4.78 is 22.8. The van der Waals surface area contributed by atoms with Gasteiger partial charge in [0.2, 0.25) is 0 Å². The van der Waals surface area contributed by atoms with Gasteiger partial charge in [-0.3, -0.25) is 0 Å². The maximum Gasteiger partial charge on any atom is 0.175 e. The molecule has 2 rings (SSSR count). The first-order valence-electron chi connectivity index (χ1n) is 7.28. The summed E-state index contributed by atoms with van der Waals surface area (Å²) >= 11 is 0. The number of piperidine rings is 1. The zero-order chi connectivity index (χ0) is 14.6.